The molecule has 0 saturated carbocycles. The Hall–Kier alpha value is -8.25. The van der Waals surface area contributed by atoms with Gasteiger partial charge in [-0.1, -0.05) is 164 Å². The van der Waals surface area contributed by atoms with Gasteiger partial charge in [0.05, 0.1) is 38.3 Å². The number of benzene rings is 9. The predicted molar refractivity (Wildman–Crippen MR) is 269 cm³/mol. The summed E-state index contributed by atoms with van der Waals surface area (Å²) in [7, 11) is 0. The third kappa shape index (κ3) is 6.01. The van der Waals surface area contributed by atoms with E-state index in [0.29, 0.717) is 5.82 Å². The molecule has 0 N–H and O–H groups in total. The molecule has 0 saturated heterocycles. The lowest BCUT2D eigenvalue weighted by atomic mass is 9.97. The van der Waals surface area contributed by atoms with Crippen LogP contribution in [0, 0.1) is 0 Å². The molecule has 9 aromatic carbocycles. The molecular weight excluding hydrogens is 797 g/mol. The molecule has 0 aliphatic carbocycles. The van der Waals surface area contributed by atoms with Crippen molar-refractivity contribution >= 4 is 75.0 Å². The lowest BCUT2D eigenvalue weighted by molar-refractivity contribution is 1.16. The largest absolute Gasteiger partial charge is 0.309 e. The third-order valence-corrected chi connectivity index (χ3v) is 13.7. The second-order valence-electron chi connectivity index (χ2n) is 16.4. The number of nitrogens with zero attached hydrogens (tertiary/aromatic N) is 4. The zero-order chi connectivity index (χ0) is 42.1. The molecule has 0 spiro atoms. The molecule has 13 rings (SSSR count). The number of pyridine rings is 1. The van der Waals surface area contributed by atoms with Gasteiger partial charge in [0.2, 0.25) is 0 Å². The van der Waals surface area contributed by atoms with E-state index in [0.717, 1.165) is 61.7 Å². The molecule has 298 valence electrons. The van der Waals surface area contributed by atoms with Crippen LogP contribution in [0.4, 0.5) is 0 Å². The maximum absolute atomic E-state index is 5.42. The first-order valence-corrected chi connectivity index (χ1v) is 22.4. The second-order valence-corrected chi connectivity index (χ2v) is 17.4. The van der Waals surface area contributed by atoms with Gasteiger partial charge in [-0.3, -0.25) is 0 Å². The van der Waals surface area contributed by atoms with E-state index in [2.05, 4.69) is 205 Å². The molecule has 0 amide bonds. The smallest absolute Gasteiger partial charge is 0.160 e. The number of hydrogen-bond acceptors (Lipinski definition) is 4. The summed E-state index contributed by atoms with van der Waals surface area (Å²) in [5, 5.41) is 8.65. The quantitative estimate of drug-likeness (QED) is 0.157. The summed E-state index contributed by atoms with van der Waals surface area (Å²) in [5.74, 6) is 0.690. The molecule has 64 heavy (non-hydrogen) atoms. The van der Waals surface area contributed by atoms with E-state index in [1.807, 2.05) is 29.5 Å². The van der Waals surface area contributed by atoms with E-state index < -0.39 is 0 Å². The monoisotopic (exact) mass is 832 g/mol. The molecule has 13 aromatic rings. The number of aromatic nitrogens is 4. The molecule has 5 heteroatoms. The Labute approximate surface area is 373 Å². The molecular formula is C59H36N4S. The molecule has 0 aliphatic heterocycles. The first kappa shape index (κ1) is 36.4. The second kappa shape index (κ2) is 14.7. The molecule has 0 atom stereocenters. The molecule has 4 nitrogen and oxygen atoms in total. The van der Waals surface area contributed by atoms with E-state index >= 15 is 0 Å². The van der Waals surface area contributed by atoms with Crippen LogP contribution in [-0.2, 0) is 0 Å². The fourth-order valence-corrected chi connectivity index (χ4v) is 10.7. The summed E-state index contributed by atoms with van der Waals surface area (Å²) in [6.45, 7) is 0. The van der Waals surface area contributed by atoms with E-state index in [9.17, 15) is 0 Å². The molecule has 4 heterocycles. The highest BCUT2D eigenvalue weighted by Gasteiger charge is 2.18. The Bertz CT molecular complexity index is 3900. The number of thiophene rings is 1. The van der Waals surface area contributed by atoms with Crippen molar-refractivity contribution in [2.75, 3.05) is 0 Å². The van der Waals surface area contributed by atoms with Crippen molar-refractivity contribution in [2.24, 2.45) is 0 Å². The average molecular weight is 833 g/mol. The molecule has 4 aromatic heterocycles. The Morgan fingerprint density at radius 3 is 1.73 bits per heavy atom. The summed E-state index contributed by atoms with van der Waals surface area (Å²) in [6.07, 6.45) is 0. The molecule has 0 aliphatic rings. The first-order chi connectivity index (χ1) is 31.7. The van der Waals surface area contributed by atoms with Crippen LogP contribution in [-0.4, -0.2) is 19.5 Å². The van der Waals surface area contributed by atoms with E-state index in [-0.39, 0.29) is 0 Å². The van der Waals surface area contributed by atoms with Crippen molar-refractivity contribution in [3.8, 4) is 62.0 Å². The average Bonchev–Trinajstić information content (AvgIpc) is 3.93. The normalized spacial score (nSPS) is 11.8. The standard InChI is InChI=1S/C59H36N4S/c1-2-14-39(15-3-1)59-61-50(36-51(62-59)43-19-13-21-45(33-43)63-53-25-9-6-22-46(53)47-23-7-10-26-54(47)63)38-30-28-37(29-31-38)40-18-12-20-44(32-40)57-58-56(48-24-8-11-27-55(48)64-58)49-34-41-16-4-5-17-42(41)35-52(49)60-57/h1-36H. The molecule has 0 fully saturated rings. The van der Waals surface area contributed by atoms with Crippen LogP contribution < -0.4 is 0 Å². The topological polar surface area (TPSA) is 43.6 Å². The van der Waals surface area contributed by atoms with Gasteiger partial charge in [-0.15, -0.1) is 11.3 Å². The number of hydrogen-bond donors (Lipinski definition) is 0. The van der Waals surface area contributed by atoms with Crippen molar-refractivity contribution in [3.05, 3.63) is 218 Å². The molecule has 0 bridgehead atoms. The summed E-state index contributed by atoms with van der Waals surface area (Å²) in [4.78, 5) is 15.8. The van der Waals surface area contributed by atoms with Crippen LogP contribution in [0.3, 0.4) is 0 Å². The zero-order valence-corrected chi connectivity index (χ0v) is 35.3. The molecule has 0 radical (unpaired) electrons. The fraction of sp³-hybridized carbons (Fsp3) is 0. The minimum absolute atomic E-state index is 0.690. The van der Waals surface area contributed by atoms with Gasteiger partial charge in [0.25, 0.3) is 0 Å². The zero-order valence-electron chi connectivity index (χ0n) is 34.5. The van der Waals surface area contributed by atoms with Crippen molar-refractivity contribution in [2.45, 2.75) is 0 Å². The van der Waals surface area contributed by atoms with E-state index in [1.54, 1.807) is 0 Å². The van der Waals surface area contributed by atoms with Gasteiger partial charge in [0.1, 0.15) is 0 Å². The minimum atomic E-state index is 0.690. The predicted octanol–water partition coefficient (Wildman–Crippen LogP) is 16.0. The number of fused-ring (bicyclic) bond motifs is 9. The highest BCUT2D eigenvalue weighted by molar-refractivity contribution is 7.26. The van der Waals surface area contributed by atoms with Crippen LogP contribution in [0.1, 0.15) is 0 Å². The summed E-state index contributed by atoms with van der Waals surface area (Å²) in [5.41, 5.74) is 13.6. The highest BCUT2D eigenvalue weighted by Crippen LogP contribution is 2.44. The lowest BCUT2D eigenvalue weighted by Gasteiger charge is -2.13. The SMILES string of the molecule is c1ccc(-c2nc(-c3ccc(-c4cccc(-c5nc6cc7ccccc7cc6c6c5sc5ccccc56)c4)cc3)cc(-c3cccc(-n4c5ccccc5c5ccccc54)c3)n2)cc1. The number of rotatable bonds is 6. The fourth-order valence-electron chi connectivity index (χ4n) is 9.51. The van der Waals surface area contributed by atoms with Crippen LogP contribution in [0.2, 0.25) is 0 Å². The minimum Gasteiger partial charge on any atom is -0.309 e. The Morgan fingerprint density at radius 1 is 0.359 bits per heavy atom. The van der Waals surface area contributed by atoms with Crippen molar-refractivity contribution in [1.82, 2.24) is 19.5 Å². The highest BCUT2D eigenvalue weighted by atomic mass is 32.1. The van der Waals surface area contributed by atoms with Gasteiger partial charge in [0.15, 0.2) is 5.82 Å². The maximum atomic E-state index is 5.42. The van der Waals surface area contributed by atoms with Crippen LogP contribution in [0.5, 0.6) is 0 Å². The van der Waals surface area contributed by atoms with Gasteiger partial charge < -0.3 is 4.57 Å². The number of para-hydroxylation sites is 2. The van der Waals surface area contributed by atoms with Gasteiger partial charge in [-0.05, 0) is 76.5 Å². The Morgan fingerprint density at radius 2 is 0.953 bits per heavy atom. The first-order valence-electron chi connectivity index (χ1n) is 21.6. The van der Waals surface area contributed by atoms with Gasteiger partial charge in [-0.2, -0.15) is 0 Å². The van der Waals surface area contributed by atoms with Crippen LogP contribution >= 0.6 is 11.3 Å². The third-order valence-electron chi connectivity index (χ3n) is 12.6. The summed E-state index contributed by atoms with van der Waals surface area (Å²) in [6, 6.07) is 77.8. The van der Waals surface area contributed by atoms with Gasteiger partial charge >= 0.3 is 0 Å². The lowest BCUT2D eigenvalue weighted by Crippen LogP contribution is -1.97. The van der Waals surface area contributed by atoms with Crippen LogP contribution in [0.15, 0.2) is 218 Å². The van der Waals surface area contributed by atoms with Gasteiger partial charge in [-0.25, -0.2) is 15.0 Å². The Balaban J connectivity index is 0.901. The van der Waals surface area contributed by atoms with E-state index in [1.165, 1.54) is 58.1 Å². The van der Waals surface area contributed by atoms with Crippen LogP contribution in [0.25, 0.3) is 126 Å². The molecule has 0 unspecified atom stereocenters. The van der Waals surface area contributed by atoms with Crippen molar-refractivity contribution in [3.63, 3.8) is 0 Å². The van der Waals surface area contributed by atoms with E-state index in [4.69, 9.17) is 15.0 Å². The summed E-state index contributed by atoms with van der Waals surface area (Å²) < 4.78 is 4.84. The van der Waals surface area contributed by atoms with Crippen molar-refractivity contribution in [1.29, 1.82) is 0 Å². The maximum Gasteiger partial charge on any atom is 0.160 e. The van der Waals surface area contributed by atoms with Gasteiger partial charge in [0, 0.05) is 59.6 Å². The Kier molecular flexibility index (Phi) is 8.36. The van der Waals surface area contributed by atoms with Crippen molar-refractivity contribution < 1.29 is 0 Å². The summed E-state index contributed by atoms with van der Waals surface area (Å²) >= 11 is 1.83.